The highest BCUT2D eigenvalue weighted by molar-refractivity contribution is 5.73. The van der Waals surface area contributed by atoms with Crippen LogP contribution in [0.15, 0.2) is 0 Å². The molecule has 0 spiro atoms. The first-order chi connectivity index (χ1) is 8.01. The van der Waals surface area contributed by atoms with Gasteiger partial charge in [-0.05, 0) is 13.3 Å². The number of hydrogen-bond acceptors (Lipinski definition) is 4. The van der Waals surface area contributed by atoms with Crippen molar-refractivity contribution in [1.82, 2.24) is 5.32 Å². The third kappa shape index (κ3) is 3.40. The molecule has 5 heteroatoms. The summed E-state index contributed by atoms with van der Waals surface area (Å²) in [6.45, 7) is 7.70. The SMILES string of the molecule is CCO[C@@H]1O[C@H](CC)[C@H](C)C(O)C1NC(C)=O. The molecule has 0 aromatic rings. The standard InChI is InChI=1S/C12H23NO4/c1-5-9-7(3)11(15)10(13-8(4)14)12(17-9)16-6-2/h7,9-12,15H,5-6H2,1-4H3,(H,13,14)/t7-,9+,10?,11?,12+/m0/s1. The Morgan fingerprint density at radius 2 is 2.12 bits per heavy atom. The molecule has 1 heterocycles. The first-order valence-corrected chi connectivity index (χ1v) is 6.23. The summed E-state index contributed by atoms with van der Waals surface area (Å²) in [4.78, 5) is 11.1. The Kier molecular flexibility index (Phi) is 5.36. The molecule has 2 N–H and O–H groups in total. The van der Waals surface area contributed by atoms with Crippen LogP contribution in [-0.4, -0.2) is 42.2 Å². The lowest BCUT2D eigenvalue weighted by Crippen LogP contribution is -2.61. The van der Waals surface area contributed by atoms with Crippen LogP contribution in [0.1, 0.15) is 34.1 Å². The van der Waals surface area contributed by atoms with Gasteiger partial charge in [0.1, 0.15) is 6.04 Å². The van der Waals surface area contributed by atoms with E-state index in [0.717, 1.165) is 6.42 Å². The zero-order chi connectivity index (χ0) is 13.0. The molecule has 0 aromatic carbocycles. The molecular formula is C12H23NO4. The van der Waals surface area contributed by atoms with Crippen LogP contribution in [0.4, 0.5) is 0 Å². The van der Waals surface area contributed by atoms with E-state index >= 15 is 0 Å². The quantitative estimate of drug-likeness (QED) is 0.763. The fourth-order valence-electron chi connectivity index (χ4n) is 2.25. The molecule has 1 saturated heterocycles. The highest BCUT2D eigenvalue weighted by Gasteiger charge is 2.43. The molecule has 1 fully saturated rings. The van der Waals surface area contributed by atoms with E-state index in [4.69, 9.17) is 9.47 Å². The van der Waals surface area contributed by atoms with Crippen LogP contribution in [0, 0.1) is 5.92 Å². The first kappa shape index (κ1) is 14.4. The Balaban J connectivity index is 2.78. The average Bonchev–Trinajstić information content (AvgIpc) is 2.28. The zero-order valence-corrected chi connectivity index (χ0v) is 11.0. The topological polar surface area (TPSA) is 67.8 Å². The van der Waals surface area contributed by atoms with E-state index in [-0.39, 0.29) is 17.9 Å². The van der Waals surface area contributed by atoms with E-state index in [1.165, 1.54) is 6.92 Å². The van der Waals surface area contributed by atoms with Crippen LogP contribution in [0.25, 0.3) is 0 Å². The van der Waals surface area contributed by atoms with Crippen molar-refractivity contribution in [2.24, 2.45) is 5.92 Å². The van der Waals surface area contributed by atoms with Gasteiger partial charge in [0.25, 0.3) is 0 Å². The van der Waals surface area contributed by atoms with Crippen molar-refractivity contribution in [2.75, 3.05) is 6.61 Å². The highest BCUT2D eigenvalue weighted by Crippen LogP contribution is 2.28. The van der Waals surface area contributed by atoms with Gasteiger partial charge in [-0.2, -0.15) is 0 Å². The minimum Gasteiger partial charge on any atom is -0.390 e. The van der Waals surface area contributed by atoms with Crippen LogP contribution < -0.4 is 5.32 Å². The summed E-state index contributed by atoms with van der Waals surface area (Å²) < 4.78 is 11.2. The third-order valence-electron chi connectivity index (χ3n) is 3.20. The fraction of sp³-hybridized carbons (Fsp3) is 0.917. The van der Waals surface area contributed by atoms with Crippen molar-refractivity contribution in [2.45, 2.75) is 58.7 Å². The van der Waals surface area contributed by atoms with Crippen LogP contribution in [0.3, 0.4) is 0 Å². The molecule has 0 aliphatic carbocycles. The first-order valence-electron chi connectivity index (χ1n) is 6.23. The molecule has 1 rings (SSSR count). The Bertz CT molecular complexity index is 259. The number of aliphatic hydroxyl groups is 1. The summed E-state index contributed by atoms with van der Waals surface area (Å²) in [6, 6.07) is -0.495. The monoisotopic (exact) mass is 245 g/mol. The van der Waals surface area contributed by atoms with E-state index < -0.39 is 18.4 Å². The minimum atomic E-state index is -0.644. The van der Waals surface area contributed by atoms with Crippen LogP contribution in [0.2, 0.25) is 0 Å². The molecule has 5 nitrogen and oxygen atoms in total. The number of ether oxygens (including phenoxy) is 2. The van der Waals surface area contributed by atoms with Crippen molar-refractivity contribution in [3.05, 3.63) is 0 Å². The Hall–Kier alpha value is -0.650. The molecule has 2 unspecified atom stereocenters. The lowest BCUT2D eigenvalue weighted by Gasteiger charge is -2.43. The molecule has 1 amide bonds. The number of nitrogens with one attached hydrogen (secondary N) is 1. The van der Waals surface area contributed by atoms with Gasteiger partial charge in [0.15, 0.2) is 6.29 Å². The maximum absolute atomic E-state index is 11.1. The normalized spacial score (nSPS) is 37.8. The fourth-order valence-corrected chi connectivity index (χ4v) is 2.25. The van der Waals surface area contributed by atoms with Crippen LogP contribution in [0.5, 0.6) is 0 Å². The van der Waals surface area contributed by atoms with Crippen molar-refractivity contribution in [3.63, 3.8) is 0 Å². The van der Waals surface area contributed by atoms with Gasteiger partial charge in [0.2, 0.25) is 5.91 Å². The van der Waals surface area contributed by atoms with Crippen molar-refractivity contribution in [1.29, 1.82) is 0 Å². The molecule has 5 atom stereocenters. The van der Waals surface area contributed by atoms with E-state index in [1.807, 2.05) is 20.8 Å². The van der Waals surface area contributed by atoms with E-state index in [0.29, 0.717) is 6.61 Å². The predicted molar refractivity (Wildman–Crippen MR) is 63.4 cm³/mol. The summed E-state index contributed by atoms with van der Waals surface area (Å²) in [5, 5.41) is 12.9. The number of carbonyl (C=O) groups excluding carboxylic acids is 1. The summed E-state index contributed by atoms with van der Waals surface area (Å²) in [5.41, 5.74) is 0. The average molecular weight is 245 g/mol. The number of hydrogen-bond donors (Lipinski definition) is 2. The molecule has 17 heavy (non-hydrogen) atoms. The smallest absolute Gasteiger partial charge is 0.217 e. The van der Waals surface area contributed by atoms with Crippen LogP contribution >= 0.6 is 0 Å². The van der Waals surface area contributed by atoms with E-state index in [1.54, 1.807) is 0 Å². The largest absolute Gasteiger partial charge is 0.390 e. The van der Waals surface area contributed by atoms with Gasteiger partial charge >= 0.3 is 0 Å². The van der Waals surface area contributed by atoms with Gasteiger partial charge in [-0.25, -0.2) is 0 Å². The zero-order valence-electron chi connectivity index (χ0n) is 11.0. The number of amides is 1. The van der Waals surface area contributed by atoms with E-state index in [2.05, 4.69) is 5.32 Å². The second kappa shape index (κ2) is 6.33. The summed E-state index contributed by atoms with van der Waals surface area (Å²) in [5.74, 6) is -0.210. The van der Waals surface area contributed by atoms with Gasteiger partial charge in [0.05, 0.1) is 12.2 Å². The summed E-state index contributed by atoms with van der Waals surface area (Å²) >= 11 is 0. The third-order valence-corrected chi connectivity index (χ3v) is 3.20. The highest BCUT2D eigenvalue weighted by atomic mass is 16.7. The minimum absolute atomic E-state index is 0.0199. The van der Waals surface area contributed by atoms with Crippen molar-refractivity contribution < 1.29 is 19.4 Å². The molecule has 100 valence electrons. The van der Waals surface area contributed by atoms with Gasteiger partial charge in [-0.3, -0.25) is 4.79 Å². The number of aliphatic hydroxyl groups excluding tert-OH is 1. The van der Waals surface area contributed by atoms with Gasteiger partial charge in [-0.1, -0.05) is 13.8 Å². The Morgan fingerprint density at radius 3 is 2.59 bits per heavy atom. The molecular weight excluding hydrogens is 222 g/mol. The maximum Gasteiger partial charge on any atom is 0.217 e. The van der Waals surface area contributed by atoms with Crippen molar-refractivity contribution in [3.8, 4) is 0 Å². The van der Waals surface area contributed by atoms with Crippen molar-refractivity contribution >= 4 is 5.91 Å². The molecule has 0 aromatic heterocycles. The Labute approximate surface area is 102 Å². The lowest BCUT2D eigenvalue weighted by atomic mass is 9.88. The lowest BCUT2D eigenvalue weighted by molar-refractivity contribution is -0.247. The molecule has 0 radical (unpaired) electrons. The maximum atomic E-state index is 11.1. The molecule has 0 bridgehead atoms. The summed E-state index contributed by atoms with van der Waals surface area (Å²) in [7, 11) is 0. The number of carbonyl (C=O) groups is 1. The summed E-state index contributed by atoms with van der Waals surface area (Å²) in [6.07, 6.45) is -0.435. The van der Waals surface area contributed by atoms with Gasteiger partial charge in [-0.15, -0.1) is 0 Å². The second-order valence-corrected chi connectivity index (χ2v) is 4.48. The molecule has 1 aliphatic heterocycles. The molecule has 1 aliphatic rings. The van der Waals surface area contributed by atoms with Gasteiger partial charge < -0.3 is 19.9 Å². The second-order valence-electron chi connectivity index (χ2n) is 4.48. The number of rotatable bonds is 4. The van der Waals surface area contributed by atoms with Gasteiger partial charge in [0, 0.05) is 19.4 Å². The predicted octanol–water partition coefficient (Wildman–Crippen LogP) is 0.659. The molecule has 0 saturated carbocycles. The Morgan fingerprint density at radius 1 is 1.47 bits per heavy atom. The van der Waals surface area contributed by atoms with E-state index in [9.17, 15) is 9.90 Å². The van der Waals surface area contributed by atoms with Crippen LogP contribution in [-0.2, 0) is 14.3 Å².